The summed E-state index contributed by atoms with van der Waals surface area (Å²) >= 11 is 0. The number of likely N-dealkylation sites (tertiary alicyclic amines) is 1. The molecule has 2 aromatic rings. The molecule has 1 aliphatic carbocycles. The molecule has 2 heterocycles. The third kappa shape index (κ3) is 5.09. The first-order valence-corrected chi connectivity index (χ1v) is 11.9. The molecule has 1 aromatic carbocycles. The summed E-state index contributed by atoms with van der Waals surface area (Å²) in [6.07, 6.45) is 6.18. The zero-order valence-corrected chi connectivity index (χ0v) is 20.0. The number of nitriles is 1. The van der Waals surface area contributed by atoms with Gasteiger partial charge < -0.3 is 14.2 Å². The Kier molecular flexibility index (Phi) is 7.25. The van der Waals surface area contributed by atoms with Crippen molar-refractivity contribution in [2.24, 2.45) is 7.05 Å². The molecule has 1 saturated heterocycles. The van der Waals surface area contributed by atoms with Gasteiger partial charge in [0.15, 0.2) is 0 Å². The Morgan fingerprint density at radius 3 is 2.54 bits per heavy atom. The summed E-state index contributed by atoms with van der Waals surface area (Å²) in [5.41, 5.74) is 3.70. The van der Waals surface area contributed by atoms with E-state index in [2.05, 4.69) is 6.07 Å². The van der Waals surface area contributed by atoms with E-state index in [1.165, 1.54) is 0 Å². The summed E-state index contributed by atoms with van der Waals surface area (Å²) < 4.78 is 6.71. The van der Waals surface area contributed by atoms with Crippen molar-refractivity contribution in [2.75, 3.05) is 19.7 Å². The molecule has 1 aliphatic heterocycles. The standard InChI is InChI=1S/C27H28N4O4/c1-3-35-24(32)16-21(26(33)31-13-4-5-14-31)20-7-6-8-23-25(20)29-22(27(34)30(23)2)15-18-9-11-19(17-28)12-10-18/h6,8-12H,3-5,7,13-16H2,1-2H3. The minimum atomic E-state index is -0.457. The minimum Gasteiger partial charge on any atom is -0.466 e. The highest BCUT2D eigenvalue weighted by Gasteiger charge is 2.29. The smallest absolute Gasteiger partial charge is 0.310 e. The van der Waals surface area contributed by atoms with Crippen LogP contribution in [0.4, 0.5) is 0 Å². The van der Waals surface area contributed by atoms with Crippen molar-refractivity contribution in [3.05, 3.63) is 74.5 Å². The van der Waals surface area contributed by atoms with Crippen LogP contribution < -0.4 is 5.56 Å². The van der Waals surface area contributed by atoms with Crippen molar-refractivity contribution >= 4 is 23.5 Å². The van der Waals surface area contributed by atoms with Crippen molar-refractivity contribution in [1.82, 2.24) is 14.5 Å². The van der Waals surface area contributed by atoms with Gasteiger partial charge >= 0.3 is 5.97 Å². The minimum absolute atomic E-state index is 0.138. The number of hydrogen-bond acceptors (Lipinski definition) is 6. The van der Waals surface area contributed by atoms with Gasteiger partial charge in [0.25, 0.3) is 11.5 Å². The highest BCUT2D eigenvalue weighted by atomic mass is 16.5. The van der Waals surface area contributed by atoms with E-state index in [-0.39, 0.29) is 30.9 Å². The normalized spacial score (nSPS) is 16.0. The van der Waals surface area contributed by atoms with E-state index in [1.54, 1.807) is 47.7 Å². The molecule has 180 valence electrons. The number of nitrogens with zero attached hydrogens (tertiary/aromatic N) is 4. The van der Waals surface area contributed by atoms with Gasteiger partial charge in [0.2, 0.25) is 0 Å². The third-order valence-electron chi connectivity index (χ3n) is 6.38. The van der Waals surface area contributed by atoms with E-state index in [9.17, 15) is 14.4 Å². The molecule has 0 saturated carbocycles. The Labute approximate surface area is 204 Å². The second-order valence-electron chi connectivity index (χ2n) is 8.69. The molecule has 0 spiro atoms. The zero-order chi connectivity index (χ0) is 24.9. The summed E-state index contributed by atoms with van der Waals surface area (Å²) in [6, 6.07) is 9.11. The number of carbonyl (C=O) groups excluding carboxylic acids is 2. The molecule has 0 N–H and O–H groups in total. The Bertz CT molecular complexity index is 1310. The Hall–Kier alpha value is -3.99. The first-order valence-electron chi connectivity index (χ1n) is 11.9. The van der Waals surface area contributed by atoms with Crippen LogP contribution in [0, 0.1) is 11.3 Å². The van der Waals surface area contributed by atoms with E-state index in [0.29, 0.717) is 53.3 Å². The van der Waals surface area contributed by atoms with Gasteiger partial charge in [-0.2, -0.15) is 5.26 Å². The number of aromatic nitrogens is 2. The molecule has 1 amide bonds. The van der Waals surface area contributed by atoms with Crippen LogP contribution in [-0.4, -0.2) is 46.0 Å². The summed E-state index contributed by atoms with van der Waals surface area (Å²) in [7, 11) is 1.69. The van der Waals surface area contributed by atoms with Crippen LogP contribution in [0.25, 0.3) is 11.6 Å². The second kappa shape index (κ2) is 10.5. The van der Waals surface area contributed by atoms with Crippen LogP contribution in [0.3, 0.4) is 0 Å². The summed E-state index contributed by atoms with van der Waals surface area (Å²) in [5, 5.41) is 9.04. The van der Waals surface area contributed by atoms with Gasteiger partial charge in [0.1, 0.15) is 5.69 Å². The highest BCUT2D eigenvalue weighted by molar-refractivity contribution is 6.05. The lowest BCUT2D eigenvalue weighted by Gasteiger charge is -2.23. The van der Waals surface area contributed by atoms with Gasteiger partial charge in [-0.05, 0) is 55.5 Å². The van der Waals surface area contributed by atoms with Crippen LogP contribution in [0.15, 0.2) is 40.7 Å². The maximum Gasteiger partial charge on any atom is 0.310 e. The van der Waals surface area contributed by atoms with Crippen LogP contribution in [0.1, 0.15) is 60.8 Å². The number of benzene rings is 1. The van der Waals surface area contributed by atoms with E-state index in [4.69, 9.17) is 15.0 Å². The molecule has 0 unspecified atom stereocenters. The highest BCUT2D eigenvalue weighted by Crippen LogP contribution is 2.32. The molecular formula is C27H28N4O4. The molecule has 0 bridgehead atoms. The first kappa shape index (κ1) is 24.1. The number of carbonyl (C=O) groups is 2. The van der Waals surface area contributed by atoms with Gasteiger partial charge in [-0.15, -0.1) is 0 Å². The number of hydrogen-bond donors (Lipinski definition) is 0. The molecule has 35 heavy (non-hydrogen) atoms. The van der Waals surface area contributed by atoms with Gasteiger partial charge in [0, 0.05) is 32.1 Å². The van der Waals surface area contributed by atoms with Crippen LogP contribution in [-0.2, 0) is 27.8 Å². The zero-order valence-electron chi connectivity index (χ0n) is 20.0. The quantitative estimate of drug-likeness (QED) is 0.473. The molecule has 2 aliphatic rings. The maximum absolute atomic E-state index is 13.5. The van der Waals surface area contributed by atoms with Crippen LogP contribution in [0.5, 0.6) is 0 Å². The number of allylic oxidation sites excluding steroid dienone is 2. The number of esters is 1. The average Bonchev–Trinajstić information content (AvgIpc) is 3.41. The van der Waals surface area contributed by atoms with Crippen molar-refractivity contribution in [1.29, 1.82) is 5.26 Å². The molecule has 0 atom stereocenters. The Balaban J connectivity index is 1.82. The molecule has 1 fully saturated rings. The molecule has 8 heteroatoms. The fourth-order valence-corrected chi connectivity index (χ4v) is 4.55. The van der Waals surface area contributed by atoms with E-state index in [1.807, 2.05) is 12.2 Å². The fourth-order valence-electron chi connectivity index (χ4n) is 4.55. The predicted molar refractivity (Wildman–Crippen MR) is 131 cm³/mol. The second-order valence-corrected chi connectivity index (χ2v) is 8.69. The topological polar surface area (TPSA) is 105 Å². The van der Waals surface area contributed by atoms with Gasteiger partial charge in [-0.3, -0.25) is 14.4 Å². The van der Waals surface area contributed by atoms with Crippen LogP contribution in [0.2, 0.25) is 0 Å². The monoisotopic (exact) mass is 472 g/mol. The van der Waals surface area contributed by atoms with Crippen LogP contribution >= 0.6 is 0 Å². The summed E-state index contributed by atoms with van der Waals surface area (Å²) in [6.45, 7) is 3.29. The number of ether oxygens (including phenoxy) is 1. The lowest BCUT2D eigenvalue weighted by atomic mass is 9.92. The molecule has 0 radical (unpaired) electrons. The van der Waals surface area contributed by atoms with Gasteiger partial charge in [0.05, 0.1) is 36.0 Å². The van der Waals surface area contributed by atoms with Crippen molar-refractivity contribution in [3.8, 4) is 6.07 Å². The van der Waals surface area contributed by atoms with Crippen molar-refractivity contribution in [3.63, 3.8) is 0 Å². The fraction of sp³-hybridized carbons (Fsp3) is 0.370. The molecular weight excluding hydrogens is 444 g/mol. The van der Waals surface area contributed by atoms with Gasteiger partial charge in [-0.1, -0.05) is 18.2 Å². The van der Waals surface area contributed by atoms with E-state index >= 15 is 0 Å². The van der Waals surface area contributed by atoms with E-state index in [0.717, 1.165) is 18.4 Å². The lowest BCUT2D eigenvalue weighted by molar-refractivity contribution is -0.143. The van der Waals surface area contributed by atoms with Crippen molar-refractivity contribution < 1.29 is 14.3 Å². The number of fused-ring (bicyclic) bond motifs is 1. The molecule has 8 nitrogen and oxygen atoms in total. The van der Waals surface area contributed by atoms with E-state index < -0.39 is 5.97 Å². The third-order valence-corrected chi connectivity index (χ3v) is 6.38. The largest absolute Gasteiger partial charge is 0.466 e. The summed E-state index contributed by atoms with van der Waals surface area (Å²) in [4.78, 5) is 45.6. The van der Waals surface area contributed by atoms with Gasteiger partial charge in [-0.25, -0.2) is 4.98 Å². The predicted octanol–water partition coefficient (Wildman–Crippen LogP) is 2.99. The lowest BCUT2D eigenvalue weighted by Crippen LogP contribution is -2.32. The average molecular weight is 473 g/mol. The molecule has 4 rings (SSSR count). The SMILES string of the molecule is CCOC(=O)CC(C(=O)N1CCCC1)=C1CC=Cc2c1nc(Cc1ccc(C#N)cc1)c(=O)n2C. The first-order chi connectivity index (χ1) is 16.9. The maximum atomic E-state index is 13.5. The Morgan fingerprint density at radius 2 is 1.89 bits per heavy atom. The number of amides is 1. The summed E-state index contributed by atoms with van der Waals surface area (Å²) in [5.74, 6) is -0.627. The van der Waals surface area contributed by atoms with Crippen molar-refractivity contribution in [2.45, 2.75) is 39.0 Å². The Morgan fingerprint density at radius 1 is 1.17 bits per heavy atom. The number of rotatable bonds is 6. The molecule has 1 aromatic heterocycles.